The minimum atomic E-state index is -0.588. The lowest BCUT2D eigenvalue weighted by atomic mass is 10.2. The molecule has 0 radical (unpaired) electrons. The molecule has 33 heteroatoms. The SMILES string of the molecule is COc1ccc(NC(=O)CCl)cc1N.COc1ccc(NC(=O)CCl)cc1[N+](=O)[O-].COc1ccc(NC(=O)CSc2nc3cc(Cl)ncc3[nH]2)cc1N.Cc1ccc(N)cc1[N+](=O)[O-].O=C(Cl)CCl.S=c1[nH]c2cnc(Cl)cc2[nH]1. The van der Waals surface area contributed by atoms with Crippen molar-refractivity contribution in [3.63, 3.8) is 0 Å². The number of amides is 3. The van der Waals surface area contributed by atoms with Crippen LogP contribution in [0.2, 0.25) is 10.3 Å². The van der Waals surface area contributed by atoms with E-state index >= 15 is 0 Å². The minimum Gasteiger partial charge on any atom is -0.495 e. The largest absolute Gasteiger partial charge is 0.495 e. The van der Waals surface area contributed by atoms with Gasteiger partial charge in [-0.25, -0.2) is 15.0 Å². The monoisotopic (exact) mass is 1270 g/mol. The summed E-state index contributed by atoms with van der Waals surface area (Å²) in [4.78, 5) is 84.5. The maximum Gasteiger partial charge on any atom is 0.312 e. The number of anilines is 6. The third kappa shape index (κ3) is 23.4. The van der Waals surface area contributed by atoms with Crippen molar-refractivity contribution in [2.24, 2.45) is 0 Å². The van der Waals surface area contributed by atoms with Crippen molar-refractivity contribution in [3.05, 3.63) is 138 Å². The summed E-state index contributed by atoms with van der Waals surface area (Å²) < 4.78 is 15.4. The maximum atomic E-state index is 12.0. The molecule has 0 saturated carbocycles. The van der Waals surface area contributed by atoms with E-state index in [1.807, 2.05) is 0 Å². The predicted octanol–water partition coefficient (Wildman–Crippen LogP) is 10.9. The van der Waals surface area contributed by atoms with Crippen LogP contribution in [0.5, 0.6) is 17.2 Å². The predicted molar refractivity (Wildman–Crippen MR) is 322 cm³/mol. The maximum absolute atomic E-state index is 12.0. The fourth-order valence-corrected chi connectivity index (χ4v) is 7.26. The number of aryl methyl sites for hydroxylation is 1. The summed E-state index contributed by atoms with van der Waals surface area (Å²) in [5, 5.41) is 29.7. The van der Waals surface area contributed by atoms with Gasteiger partial charge >= 0.3 is 5.69 Å². The van der Waals surface area contributed by atoms with E-state index in [1.165, 1.54) is 57.4 Å². The number of hydrogen-bond acceptors (Lipinski definition) is 19. The van der Waals surface area contributed by atoms with Gasteiger partial charge < -0.3 is 62.3 Å². The first-order valence-electron chi connectivity index (χ1n) is 22.3. The van der Waals surface area contributed by atoms with E-state index in [9.17, 15) is 39.4 Å². The topological polar surface area (TPSA) is 382 Å². The van der Waals surface area contributed by atoms with Crippen LogP contribution in [0, 0.1) is 31.9 Å². The van der Waals surface area contributed by atoms with Crippen LogP contribution >= 0.6 is 93.6 Å². The van der Waals surface area contributed by atoms with Gasteiger partial charge in [0, 0.05) is 52.6 Å². The fraction of sp³-hybridized carbons (Fsp3) is 0.167. The number of nitro benzene ring substituents is 2. The Morgan fingerprint density at radius 2 is 1.10 bits per heavy atom. The number of halogens is 6. The van der Waals surface area contributed by atoms with Crippen LogP contribution in [-0.4, -0.2) is 107 Å². The van der Waals surface area contributed by atoms with Crippen LogP contribution in [0.3, 0.4) is 0 Å². The van der Waals surface area contributed by atoms with Crippen molar-refractivity contribution in [2.45, 2.75) is 12.1 Å². The second kappa shape index (κ2) is 34.3. The summed E-state index contributed by atoms with van der Waals surface area (Å²) in [6, 6.07) is 22.2. The normalized spacial score (nSPS) is 9.95. The van der Waals surface area contributed by atoms with Crippen molar-refractivity contribution < 1.29 is 43.2 Å². The zero-order chi connectivity index (χ0) is 60.3. The van der Waals surface area contributed by atoms with Gasteiger partial charge in [-0.2, -0.15) is 0 Å². The number of alkyl halides is 3. The molecule has 0 bridgehead atoms. The van der Waals surface area contributed by atoms with E-state index in [2.05, 4.69) is 45.9 Å². The zero-order valence-corrected chi connectivity index (χ0v) is 48.8. The highest BCUT2D eigenvalue weighted by atomic mass is 35.5. The van der Waals surface area contributed by atoms with Crippen LogP contribution < -0.4 is 47.4 Å². The number of methoxy groups -OCH3 is 3. The first-order valence-corrected chi connectivity index (χ1v) is 26.4. The van der Waals surface area contributed by atoms with Gasteiger partial charge in [0.2, 0.25) is 23.0 Å². The minimum absolute atomic E-state index is 0.0741. The van der Waals surface area contributed by atoms with Crippen molar-refractivity contribution >= 4 is 184 Å². The number of thioether (sulfide) groups is 1. The quantitative estimate of drug-likeness (QED) is 0.00714. The fourth-order valence-electron chi connectivity index (χ4n) is 5.92. The molecule has 0 aliphatic rings. The smallest absolute Gasteiger partial charge is 0.312 e. The van der Waals surface area contributed by atoms with E-state index in [4.69, 9.17) is 113 Å². The Morgan fingerprint density at radius 1 is 0.630 bits per heavy atom. The number of aromatic amines is 3. The number of aromatic nitrogens is 6. The zero-order valence-electron chi connectivity index (χ0n) is 42.6. The number of rotatable bonds is 14. The van der Waals surface area contributed by atoms with E-state index in [0.717, 1.165) is 16.6 Å². The summed E-state index contributed by atoms with van der Waals surface area (Å²) in [6.07, 6.45) is 3.25. The van der Waals surface area contributed by atoms with E-state index in [-0.39, 0.29) is 52.3 Å². The number of ether oxygens (including phenoxy) is 3. The molecule has 0 saturated heterocycles. The van der Waals surface area contributed by atoms with Gasteiger partial charge in [-0.3, -0.25) is 39.4 Å². The number of H-pyrrole nitrogens is 3. The first-order chi connectivity index (χ1) is 38.4. The number of benzene rings is 4. The molecule has 0 atom stereocenters. The third-order valence-corrected chi connectivity index (χ3v) is 12.0. The summed E-state index contributed by atoms with van der Waals surface area (Å²) in [5.74, 6) is 0.235. The molecule has 430 valence electrons. The second-order valence-corrected chi connectivity index (χ2v) is 18.6. The van der Waals surface area contributed by atoms with Crippen LogP contribution in [0.25, 0.3) is 22.1 Å². The molecular formula is C48H48Cl6N14O11S2. The second-order valence-electron chi connectivity index (χ2n) is 15.2. The Balaban J connectivity index is 0.000000268. The Labute approximate surface area is 499 Å². The molecule has 3 amide bonds. The molecule has 0 spiro atoms. The number of carbonyl (C=O) groups is 4. The Morgan fingerprint density at radius 3 is 1.57 bits per heavy atom. The Kier molecular flexibility index (Phi) is 28.5. The molecule has 0 aliphatic carbocycles. The number of nitrogens with one attached hydrogen (secondary N) is 6. The van der Waals surface area contributed by atoms with Gasteiger partial charge in [0.25, 0.3) is 5.69 Å². The molecule has 0 fully saturated rings. The van der Waals surface area contributed by atoms with Crippen molar-refractivity contribution in [3.8, 4) is 17.2 Å². The molecule has 0 unspecified atom stereocenters. The van der Waals surface area contributed by atoms with Crippen LogP contribution in [0.15, 0.2) is 102 Å². The average molecular weight is 1270 g/mol. The number of carbonyl (C=O) groups excluding carboxylic acids is 4. The standard InChI is InChI=1S/C15H14ClN5O2S.C9H9ClN2O4.C9H11ClN2O2.C7H8N2O2.C6H4ClN3S.C2H2Cl2O/c1-23-12-3-2-8(4-9(12)17)19-14(22)7-24-15-20-10-5-13(16)18-6-11(10)21-15;1-16-8-3-2-6(11-9(13)5-10)4-7(8)12(14)15;1-14-8-3-2-6(4-7(8)11)12-9(13)5-10;1-5-2-3-6(8)4-7(5)9(10)11;7-5-1-3-4(2-8-5)10-6(11)9-3;3-1-2(4)5/h2-6H,7,17H2,1H3,(H,19,22)(H,20,21);2-4H,5H2,1H3,(H,11,13);2-4H,5,11H2,1H3,(H,12,13);2-4H,8H2,1H3;1-2H,(H2,9,10,11);1H2. The van der Waals surface area contributed by atoms with E-state index < -0.39 is 21.0 Å². The number of nitro groups is 2. The number of imidazole rings is 2. The summed E-state index contributed by atoms with van der Waals surface area (Å²) in [7, 11) is 4.40. The average Bonchev–Trinajstić information content (AvgIpc) is 4.03. The van der Waals surface area contributed by atoms with Gasteiger partial charge in [0.15, 0.2) is 15.7 Å². The van der Waals surface area contributed by atoms with E-state index in [0.29, 0.717) is 76.9 Å². The molecule has 12 N–H and O–H groups in total. The highest BCUT2D eigenvalue weighted by molar-refractivity contribution is 7.99. The van der Waals surface area contributed by atoms with Crippen molar-refractivity contribution in [1.29, 1.82) is 0 Å². The molecule has 8 rings (SSSR count). The molecule has 0 aliphatic heterocycles. The van der Waals surface area contributed by atoms with Gasteiger partial charge in [-0.1, -0.05) is 41.0 Å². The molecular weight excluding hydrogens is 1230 g/mol. The van der Waals surface area contributed by atoms with Gasteiger partial charge in [-0.15, -0.1) is 34.8 Å². The summed E-state index contributed by atoms with van der Waals surface area (Å²) in [6.45, 7) is 1.68. The number of hydrogen-bond donors (Lipinski definition) is 9. The lowest BCUT2D eigenvalue weighted by molar-refractivity contribution is -0.385. The van der Waals surface area contributed by atoms with Gasteiger partial charge in [0.05, 0.1) is 88.6 Å². The number of fused-ring (bicyclic) bond motifs is 2. The molecule has 4 aromatic carbocycles. The van der Waals surface area contributed by atoms with Crippen LogP contribution in [-0.2, 0) is 19.2 Å². The van der Waals surface area contributed by atoms with Crippen LogP contribution in [0.4, 0.5) is 45.5 Å². The number of nitrogen functional groups attached to an aromatic ring is 3. The Hall–Kier alpha value is -7.89. The number of nitrogens with zero attached hydrogens (tertiary/aromatic N) is 5. The summed E-state index contributed by atoms with van der Waals surface area (Å²) >= 11 is 37.8. The molecule has 4 aromatic heterocycles. The van der Waals surface area contributed by atoms with Crippen molar-refractivity contribution in [1.82, 2.24) is 29.9 Å². The molecule has 4 heterocycles. The molecule has 81 heavy (non-hydrogen) atoms. The highest BCUT2D eigenvalue weighted by Crippen LogP contribution is 2.30. The number of pyridine rings is 2. The van der Waals surface area contributed by atoms with Crippen LogP contribution in [0.1, 0.15) is 5.56 Å². The van der Waals surface area contributed by atoms with E-state index in [1.54, 1.807) is 80.0 Å². The highest BCUT2D eigenvalue weighted by Gasteiger charge is 2.16. The first kappa shape index (κ1) is 67.4. The molecule has 8 aromatic rings. The number of nitrogens with two attached hydrogens (primary N) is 3. The lowest BCUT2D eigenvalue weighted by Crippen LogP contribution is -2.14. The Bertz CT molecular complexity index is 3540. The lowest BCUT2D eigenvalue weighted by Gasteiger charge is -2.08. The third-order valence-electron chi connectivity index (χ3n) is 9.48. The molecule has 25 nitrogen and oxygen atoms in total. The van der Waals surface area contributed by atoms with Gasteiger partial charge in [-0.05, 0) is 85.3 Å². The summed E-state index contributed by atoms with van der Waals surface area (Å²) in [5.41, 5.74) is 23.4. The van der Waals surface area contributed by atoms with Gasteiger partial charge in [0.1, 0.15) is 33.6 Å². The van der Waals surface area contributed by atoms with Crippen molar-refractivity contribution in [2.75, 3.05) is 77.9 Å².